The van der Waals surface area contributed by atoms with Gasteiger partial charge in [-0.25, -0.2) is 10.8 Å². The number of carbonyl (C=O) groups is 1. The molecule has 0 aliphatic rings. The lowest BCUT2D eigenvalue weighted by Crippen LogP contribution is -2.07. The van der Waals surface area contributed by atoms with Crippen molar-refractivity contribution in [3.63, 3.8) is 0 Å². The van der Waals surface area contributed by atoms with Crippen LogP contribution in [0.15, 0.2) is 5.38 Å². The topological polar surface area (TPSA) is 77.2 Å². The summed E-state index contributed by atoms with van der Waals surface area (Å²) < 4.78 is 4.47. The maximum Gasteiger partial charge on any atom is 0.311 e. The van der Waals surface area contributed by atoms with Crippen molar-refractivity contribution >= 4 is 22.4 Å². The fourth-order valence-electron chi connectivity index (χ4n) is 0.675. The highest BCUT2D eigenvalue weighted by molar-refractivity contribution is 7.13. The molecule has 0 bridgehead atoms. The Balaban J connectivity index is 2.58. The van der Waals surface area contributed by atoms with Gasteiger partial charge in [0.25, 0.3) is 0 Å². The summed E-state index contributed by atoms with van der Waals surface area (Å²) in [5.41, 5.74) is 3.06. The Labute approximate surface area is 73.5 Å². The predicted molar refractivity (Wildman–Crippen MR) is 45.6 cm³/mol. The summed E-state index contributed by atoms with van der Waals surface area (Å²) in [7, 11) is 1.34. The Morgan fingerprint density at radius 3 is 3.17 bits per heavy atom. The molecule has 6 heteroatoms. The number of nitrogen functional groups attached to an aromatic ring is 1. The van der Waals surface area contributed by atoms with Crippen LogP contribution in [0.5, 0.6) is 0 Å². The summed E-state index contributed by atoms with van der Waals surface area (Å²) in [6.45, 7) is 0. The molecule has 0 aliphatic carbocycles. The molecule has 0 spiro atoms. The van der Waals surface area contributed by atoms with Crippen LogP contribution in [0, 0.1) is 0 Å². The number of nitrogens with zero attached hydrogens (tertiary/aromatic N) is 1. The molecule has 12 heavy (non-hydrogen) atoms. The van der Waals surface area contributed by atoms with E-state index < -0.39 is 0 Å². The van der Waals surface area contributed by atoms with Gasteiger partial charge in [0.15, 0.2) is 5.13 Å². The summed E-state index contributed by atoms with van der Waals surface area (Å²) in [6, 6.07) is 0. The number of hydrazine groups is 1. The third-order valence-electron chi connectivity index (χ3n) is 1.23. The van der Waals surface area contributed by atoms with Crippen molar-refractivity contribution in [3.05, 3.63) is 11.1 Å². The Morgan fingerprint density at radius 1 is 1.92 bits per heavy atom. The number of rotatable bonds is 3. The van der Waals surface area contributed by atoms with Gasteiger partial charge in [0.05, 0.1) is 19.2 Å². The van der Waals surface area contributed by atoms with Crippen molar-refractivity contribution in [2.45, 2.75) is 6.42 Å². The Morgan fingerprint density at radius 2 is 2.67 bits per heavy atom. The van der Waals surface area contributed by atoms with E-state index in [4.69, 9.17) is 5.84 Å². The molecule has 66 valence electrons. The SMILES string of the molecule is COC(=O)Cc1csc(NN)n1. The van der Waals surface area contributed by atoms with Crippen LogP contribution in [0.25, 0.3) is 0 Å². The summed E-state index contributed by atoms with van der Waals surface area (Å²) in [5.74, 6) is 4.81. The van der Waals surface area contributed by atoms with Crippen LogP contribution in [-0.2, 0) is 16.0 Å². The van der Waals surface area contributed by atoms with Gasteiger partial charge in [-0.1, -0.05) is 0 Å². The third-order valence-corrected chi connectivity index (χ3v) is 2.05. The van der Waals surface area contributed by atoms with E-state index >= 15 is 0 Å². The van der Waals surface area contributed by atoms with Crippen LogP contribution in [-0.4, -0.2) is 18.1 Å². The Bertz CT molecular complexity index is 274. The number of hydrogen-bond donors (Lipinski definition) is 2. The molecule has 0 saturated heterocycles. The van der Waals surface area contributed by atoms with E-state index in [2.05, 4.69) is 15.1 Å². The smallest absolute Gasteiger partial charge is 0.311 e. The van der Waals surface area contributed by atoms with Gasteiger partial charge in [-0.3, -0.25) is 10.2 Å². The molecule has 0 unspecified atom stereocenters. The first kappa shape index (κ1) is 8.95. The first-order valence-electron chi connectivity index (χ1n) is 3.24. The number of nitrogens with two attached hydrogens (primary N) is 1. The van der Waals surface area contributed by atoms with Gasteiger partial charge in [0.1, 0.15) is 0 Å². The quantitative estimate of drug-likeness (QED) is 0.400. The lowest BCUT2D eigenvalue weighted by Gasteiger charge is -1.93. The number of anilines is 1. The molecule has 0 fully saturated rings. The minimum absolute atomic E-state index is 0.189. The van der Waals surface area contributed by atoms with Gasteiger partial charge in [0, 0.05) is 5.38 Å². The van der Waals surface area contributed by atoms with Crippen LogP contribution < -0.4 is 11.3 Å². The zero-order chi connectivity index (χ0) is 8.97. The number of hydrogen-bond acceptors (Lipinski definition) is 6. The second-order valence-corrected chi connectivity index (χ2v) is 2.90. The highest BCUT2D eigenvalue weighted by Crippen LogP contribution is 2.14. The first-order chi connectivity index (χ1) is 5.76. The fourth-order valence-corrected chi connectivity index (χ4v) is 1.30. The molecule has 3 N–H and O–H groups in total. The number of carbonyl (C=O) groups excluding carboxylic acids is 1. The molecule has 5 nitrogen and oxygen atoms in total. The molecule has 0 saturated carbocycles. The number of ether oxygens (including phenoxy) is 1. The van der Waals surface area contributed by atoms with Crippen molar-refractivity contribution in [2.24, 2.45) is 5.84 Å². The molecule has 0 aliphatic heterocycles. The van der Waals surface area contributed by atoms with Crippen molar-refractivity contribution < 1.29 is 9.53 Å². The minimum Gasteiger partial charge on any atom is -0.469 e. The summed E-state index contributed by atoms with van der Waals surface area (Å²) in [6.07, 6.45) is 0.189. The highest BCUT2D eigenvalue weighted by Gasteiger charge is 2.06. The summed E-state index contributed by atoms with van der Waals surface area (Å²) in [4.78, 5) is 14.8. The number of esters is 1. The minimum atomic E-state index is -0.302. The molecule has 0 aromatic carbocycles. The van der Waals surface area contributed by atoms with Gasteiger partial charge in [-0.05, 0) is 0 Å². The molecule has 0 radical (unpaired) electrons. The lowest BCUT2D eigenvalue weighted by atomic mass is 10.3. The Hall–Kier alpha value is -1.14. The van der Waals surface area contributed by atoms with E-state index in [0.717, 1.165) is 0 Å². The highest BCUT2D eigenvalue weighted by atomic mass is 32.1. The van der Waals surface area contributed by atoms with E-state index in [-0.39, 0.29) is 12.4 Å². The van der Waals surface area contributed by atoms with E-state index in [1.165, 1.54) is 18.4 Å². The van der Waals surface area contributed by atoms with Gasteiger partial charge >= 0.3 is 5.97 Å². The van der Waals surface area contributed by atoms with Crippen LogP contribution in [0.2, 0.25) is 0 Å². The standard InChI is InChI=1S/C6H9N3O2S/c1-11-5(10)2-4-3-12-6(8-4)9-7/h3H,2,7H2,1H3,(H,8,9). The van der Waals surface area contributed by atoms with Crippen LogP contribution in [0.1, 0.15) is 5.69 Å². The lowest BCUT2D eigenvalue weighted by molar-refractivity contribution is -0.139. The van der Waals surface area contributed by atoms with Crippen molar-refractivity contribution in [1.82, 2.24) is 4.98 Å². The van der Waals surface area contributed by atoms with Gasteiger partial charge in [-0.15, -0.1) is 11.3 Å². The monoisotopic (exact) mass is 187 g/mol. The fraction of sp³-hybridized carbons (Fsp3) is 0.333. The Kier molecular flexibility index (Phi) is 3.01. The van der Waals surface area contributed by atoms with Crippen LogP contribution in [0.3, 0.4) is 0 Å². The largest absolute Gasteiger partial charge is 0.469 e. The number of thiazole rings is 1. The number of nitrogens with one attached hydrogen (secondary N) is 1. The second-order valence-electron chi connectivity index (χ2n) is 2.04. The molecule has 0 atom stereocenters. The van der Waals surface area contributed by atoms with Crippen molar-refractivity contribution in [1.29, 1.82) is 0 Å². The zero-order valence-corrected chi connectivity index (χ0v) is 7.35. The van der Waals surface area contributed by atoms with Gasteiger partial charge in [0.2, 0.25) is 0 Å². The van der Waals surface area contributed by atoms with Crippen LogP contribution >= 0.6 is 11.3 Å². The third kappa shape index (κ3) is 2.18. The molecule has 1 heterocycles. The predicted octanol–water partition coefficient (Wildman–Crippen LogP) is 0.144. The van der Waals surface area contributed by atoms with E-state index in [9.17, 15) is 4.79 Å². The molecule has 0 amide bonds. The number of aromatic nitrogens is 1. The van der Waals surface area contributed by atoms with E-state index in [1.54, 1.807) is 5.38 Å². The molecule has 1 rings (SSSR count). The summed E-state index contributed by atoms with van der Waals surface area (Å²) >= 11 is 1.35. The average molecular weight is 187 g/mol. The maximum absolute atomic E-state index is 10.8. The zero-order valence-electron chi connectivity index (χ0n) is 6.53. The van der Waals surface area contributed by atoms with Gasteiger partial charge < -0.3 is 4.74 Å². The van der Waals surface area contributed by atoms with E-state index in [1.807, 2.05) is 0 Å². The maximum atomic E-state index is 10.8. The molecular weight excluding hydrogens is 178 g/mol. The second kappa shape index (κ2) is 4.03. The van der Waals surface area contributed by atoms with Gasteiger partial charge in [-0.2, -0.15) is 0 Å². The molecule has 1 aromatic heterocycles. The first-order valence-corrected chi connectivity index (χ1v) is 4.12. The van der Waals surface area contributed by atoms with Crippen molar-refractivity contribution in [2.75, 3.05) is 12.5 Å². The molecular formula is C6H9N3O2S. The van der Waals surface area contributed by atoms with Crippen LogP contribution in [0.4, 0.5) is 5.13 Å². The van der Waals surface area contributed by atoms with E-state index in [0.29, 0.717) is 10.8 Å². The average Bonchev–Trinajstić information content (AvgIpc) is 2.52. The summed E-state index contributed by atoms with van der Waals surface area (Å²) in [5, 5.41) is 2.35. The normalized spacial score (nSPS) is 9.50. The number of methoxy groups -OCH3 is 1. The van der Waals surface area contributed by atoms with Crippen molar-refractivity contribution in [3.8, 4) is 0 Å². The molecule has 1 aromatic rings.